The number of H-pyrrole nitrogens is 1. The van der Waals surface area contributed by atoms with Crippen molar-refractivity contribution < 1.29 is 14.3 Å². The predicted octanol–water partition coefficient (Wildman–Crippen LogP) is 2.73. The molecule has 9 heteroatoms. The number of nitrogens with zero attached hydrogens (tertiary/aromatic N) is 2. The van der Waals surface area contributed by atoms with Crippen LogP contribution in [-0.2, 0) is 11.3 Å². The van der Waals surface area contributed by atoms with E-state index in [1.807, 2.05) is 0 Å². The number of hydrogen-bond acceptors (Lipinski definition) is 5. The van der Waals surface area contributed by atoms with Crippen molar-refractivity contribution in [2.24, 2.45) is 0 Å². The lowest BCUT2D eigenvalue weighted by Crippen LogP contribution is -2.22. The molecule has 0 aliphatic carbocycles. The molecule has 0 radical (unpaired) electrons. The summed E-state index contributed by atoms with van der Waals surface area (Å²) < 4.78 is 6.33. The molecule has 1 aliphatic heterocycles. The number of aromatic amines is 1. The normalized spacial score (nSPS) is 13.0. The zero-order valence-corrected chi connectivity index (χ0v) is 15.5. The topological polar surface area (TPSA) is 97.0 Å². The molecule has 0 saturated heterocycles. The first-order chi connectivity index (χ1) is 10.9. The van der Waals surface area contributed by atoms with E-state index in [1.54, 1.807) is 13.8 Å². The van der Waals surface area contributed by atoms with Crippen molar-refractivity contribution >= 4 is 43.7 Å². The summed E-state index contributed by atoms with van der Waals surface area (Å²) in [5.41, 5.74) is 2.10. The van der Waals surface area contributed by atoms with Gasteiger partial charge in [0.15, 0.2) is 5.69 Å². The Morgan fingerprint density at radius 3 is 2.74 bits per heavy atom. The van der Waals surface area contributed by atoms with E-state index in [1.165, 1.54) is 0 Å². The van der Waals surface area contributed by atoms with Gasteiger partial charge < -0.3 is 15.0 Å². The Morgan fingerprint density at radius 2 is 2.04 bits per heavy atom. The van der Waals surface area contributed by atoms with Gasteiger partial charge in [-0.2, -0.15) is 0 Å². The Kier molecular flexibility index (Phi) is 4.24. The van der Waals surface area contributed by atoms with Crippen LogP contribution >= 0.6 is 31.9 Å². The molecule has 0 spiro atoms. The zero-order valence-electron chi connectivity index (χ0n) is 12.3. The van der Waals surface area contributed by atoms with Crippen LogP contribution in [-0.4, -0.2) is 33.4 Å². The average Bonchev–Trinajstić information content (AvgIpc) is 2.72. The van der Waals surface area contributed by atoms with Crippen molar-refractivity contribution in [3.05, 3.63) is 32.0 Å². The standard InChI is InChI=1S/C14H12Br2N4O3/c1-3-23-14(22)11-7-6(18-5(2)19-11)4-17-13(21)10-8(7)9(15)12(16)20-10/h20H,3-4H2,1-2H3,(H,17,21). The summed E-state index contributed by atoms with van der Waals surface area (Å²) in [5.74, 6) is -0.383. The van der Waals surface area contributed by atoms with Crippen molar-refractivity contribution in [3.63, 3.8) is 0 Å². The van der Waals surface area contributed by atoms with E-state index in [0.29, 0.717) is 37.4 Å². The average molecular weight is 444 g/mol. The van der Waals surface area contributed by atoms with Crippen LogP contribution in [0.5, 0.6) is 0 Å². The van der Waals surface area contributed by atoms with Gasteiger partial charge in [0.25, 0.3) is 5.91 Å². The van der Waals surface area contributed by atoms with Crippen LogP contribution in [0.3, 0.4) is 0 Å². The summed E-state index contributed by atoms with van der Waals surface area (Å²) in [6, 6.07) is 0. The van der Waals surface area contributed by atoms with Crippen LogP contribution in [0.2, 0.25) is 0 Å². The fourth-order valence-electron chi connectivity index (χ4n) is 2.47. The number of carbonyl (C=O) groups excluding carboxylic acids is 2. The van der Waals surface area contributed by atoms with E-state index < -0.39 is 5.97 Å². The molecule has 3 rings (SSSR count). The first-order valence-electron chi connectivity index (χ1n) is 6.84. The van der Waals surface area contributed by atoms with Gasteiger partial charge in [-0.05, 0) is 45.7 Å². The number of fused-ring (bicyclic) bond motifs is 3. The quantitative estimate of drug-likeness (QED) is 0.695. The minimum atomic E-state index is -0.543. The zero-order chi connectivity index (χ0) is 16.7. The molecule has 0 saturated carbocycles. The molecule has 7 nitrogen and oxygen atoms in total. The fourth-order valence-corrected chi connectivity index (χ4v) is 3.36. The molecule has 2 N–H and O–H groups in total. The van der Waals surface area contributed by atoms with E-state index in [-0.39, 0.29) is 24.8 Å². The number of ether oxygens (including phenoxy) is 1. The van der Waals surface area contributed by atoms with Crippen LogP contribution in [0.15, 0.2) is 9.08 Å². The highest BCUT2D eigenvalue weighted by molar-refractivity contribution is 9.13. The second kappa shape index (κ2) is 6.04. The third-order valence-electron chi connectivity index (χ3n) is 3.35. The lowest BCUT2D eigenvalue weighted by atomic mass is 10.0. The molecule has 23 heavy (non-hydrogen) atoms. The van der Waals surface area contributed by atoms with E-state index in [4.69, 9.17) is 4.74 Å². The Bertz CT molecular complexity index is 832. The van der Waals surface area contributed by atoms with Gasteiger partial charge in [0.2, 0.25) is 0 Å². The highest BCUT2D eigenvalue weighted by Gasteiger charge is 2.32. The molecule has 0 atom stereocenters. The highest BCUT2D eigenvalue weighted by atomic mass is 79.9. The Hall–Kier alpha value is -1.74. The maximum Gasteiger partial charge on any atom is 0.357 e. The summed E-state index contributed by atoms with van der Waals surface area (Å²) in [6.07, 6.45) is 0. The van der Waals surface area contributed by atoms with Gasteiger partial charge in [-0.3, -0.25) is 4.79 Å². The van der Waals surface area contributed by atoms with Crippen molar-refractivity contribution in [1.82, 2.24) is 20.3 Å². The van der Waals surface area contributed by atoms with Gasteiger partial charge in [0, 0.05) is 11.1 Å². The van der Waals surface area contributed by atoms with Crippen LogP contribution < -0.4 is 5.32 Å². The molecule has 0 unspecified atom stereocenters. The molecule has 0 fully saturated rings. The van der Waals surface area contributed by atoms with Gasteiger partial charge in [-0.25, -0.2) is 14.8 Å². The maximum atomic E-state index is 12.3. The second-order valence-corrected chi connectivity index (χ2v) is 6.43. The van der Waals surface area contributed by atoms with E-state index in [0.717, 1.165) is 0 Å². The Labute approximate surface area is 148 Å². The van der Waals surface area contributed by atoms with Crippen molar-refractivity contribution in [2.75, 3.05) is 6.61 Å². The number of hydrogen-bond donors (Lipinski definition) is 2. The lowest BCUT2D eigenvalue weighted by molar-refractivity contribution is 0.0519. The number of aryl methyl sites for hydroxylation is 1. The molecule has 0 bridgehead atoms. The number of amides is 1. The summed E-state index contributed by atoms with van der Waals surface area (Å²) in [6.45, 7) is 3.86. The molecular weight excluding hydrogens is 432 g/mol. The fraction of sp³-hybridized carbons (Fsp3) is 0.286. The lowest BCUT2D eigenvalue weighted by Gasteiger charge is -2.12. The molecule has 0 aromatic carbocycles. The van der Waals surface area contributed by atoms with E-state index in [2.05, 4.69) is 52.1 Å². The molecule has 2 aromatic rings. The smallest absolute Gasteiger partial charge is 0.357 e. The second-order valence-electron chi connectivity index (χ2n) is 4.85. The molecule has 1 aliphatic rings. The van der Waals surface area contributed by atoms with Crippen LogP contribution in [0, 0.1) is 6.92 Å². The van der Waals surface area contributed by atoms with Crippen LogP contribution in [0.4, 0.5) is 0 Å². The van der Waals surface area contributed by atoms with Crippen molar-refractivity contribution in [3.8, 4) is 11.1 Å². The van der Waals surface area contributed by atoms with Gasteiger partial charge in [-0.1, -0.05) is 0 Å². The van der Waals surface area contributed by atoms with Crippen LogP contribution in [0.1, 0.15) is 39.4 Å². The number of halogens is 2. The number of nitrogens with one attached hydrogen (secondary N) is 2. The molecule has 1 amide bonds. The van der Waals surface area contributed by atoms with E-state index >= 15 is 0 Å². The molecule has 2 aromatic heterocycles. The maximum absolute atomic E-state index is 12.3. The van der Waals surface area contributed by atoms with Gasteiger partial charge in [0.1, 0.15) is 11.5 Å². The third kappa shape index (κ3) is 2.67. The van der Waals surface area contributed by atoms with Crippen molar-refractivity contribution in [2.45, 2.75) is 20.4 Å². The van der Waals surface area contributed by atoms with Gasteiger partial charge >= 0.3 is 5.97 Å². The largest absolute Gasteiger partial charge is 0.461 e. The molecule has 120 valence electrons. The Morgan fingerprint density at radius 1 is 1.30 bits per heavy atom. The minimum Gasteiger partial charge on any atom is -0.461 e. The monoisotopic (exact) mass is 442 g/mol. The first-order valence-corrected chi connectivity index (χ1v) is 8.42. The SMILES string of the molecule is CCOC(=O)c1nc(C)nc2c1-c1c([nH]c(Br)c1Br)C(=O)NC2. The summed E-state index contributed by atoms with van der Waals surface area (Å²) in [4.78, 5) is 36.2. The summed E-state index contributed by atoms with van der Waals surface area (Å²) in [7, 11) is 0. The Balaban J connectivity index is 2.36. The number of carbonyl (C=O) groups is 2. The van der Waals surface area contributed by atoms with Crippen molar-refractivity contribution in [1.29, 1.82) is 0 Å². The van der Waals surface area contributed by atoms with E-state index in [9.17, 15) is 9.59 Å². The number of esters is 1. The van der Waals surface area contributed by atoms with Crippen LogP contribution in [0.25, 0.3) is 11.1 Å². The summed E-state index contributed by atoms with van der Waals surface area (Å²) >= 11 is 6.79. The highest BCUT2D eigenvalue weighted by Crippen LogP contribution is 2.41. The predicted molar refractivity (Wildman–Crippen MR) is 89.1 cm³/mol. The molecular formula is C14H12Br2N4O3. The first kappa shape index (κ1) is 16.1. The van der Waals surface area contributed by atoms with Gasteiger partial charge in [0.05, 0.1) is 27.9 Å². The molecule has 3 heterocycles. The minimum absolute atomic E-state index is 0.152. The number of rotatable bonds is 2. The number of aromatic nitrogens is 3. The van der Waals surface area contributed by atoms with Gasteiger partial charge in [-0.15, -0.1) is 0 Å². The third-order valence-corrected chi connectivity index (χ3v) is 5.27. The summed E-state index contributed by atoms with van der Waals surface area (Å²) in [5, 5.41) is 2.77.